The highest BCUT2D eigenvalue weighted by Crippen LogP contribution is 2.33. The molecule has 0 saturated carbocycles. The largest absolute Gasteiger partial charge is 0.488 e. The van der Waals surface area contributed by atoms with Gasteiger partial charge in [0.25, 0.3) is 0 Å². The fourth-order valence-corrected chi connectivity index (χ4v) is 1.98. The maximum Gasteiger partial charge on any atom is 0.123 e. The second kappa shape index (κ2) is 4.44. The summed E-state index contributed by atoms with van der Waals surface area (Å²) in [6.07, 6.45) is 2.16. The van der Waals surface area contributed by atoms with E-state index in [-0.39, 0.29) is 5.60 Å². The van der Waals surface area contributed by atoms with Crippen molar-refractivity contribution in [1.82, 2.24) is 5.48 Å². The fraction of sp³-hybridized carbons (Fsp3) is 0.538. The van der Waals surface area contributed by atoms with Crippen molar-refractivity contribution in [3.8, 4) is 5.75 Å². The number of hydroxylamine groups is 1. The first kappa shape index (κ1) is 11.4. The van der Waals surface area contributed by atoms with E-state index in [9.17, 15) is 0 Å². The van der Waals surface area contributed by atoms with E-state index in [1.807, 2.05) is 0 Å². The van der Waals surface area contributed by atoms with Crippen LogP contribution in [0.2, 0.25) is 0 Å². The number of nitrogens with one attached hydrogen (secondary N) is 1. The molecule has 16 heavy (non-hydrogen) atoms. The molecule has 0 radical (unpaired) electrons. The smallest absolute Gasteiger partial charge is 0.123 e. The van der Waals surface area contributed by atoms with Crippen molar-refractivity contribution < 1.29 is 9.57 Å². The number of rotatable bonds is 3. The van der Waals surface area contributed by atoms with E-state index >= 15 is 0 Å². The Morgan fingerprint density at radius 3 is 3.00 bits per heavy atom. The minimum absolute atomic E-state index is 0.0285. The maximum absolute atomic E-state index is 5.93. The van der Waals surface area contributed by atoms with Crippen molar-refractivity contribution in [1.29, 1.82) is 0 Å². The average Bonchev–Trinajstić information content (AvgIpc) is 2.25. The van der Waals surface area contributed by atoms with Crippen LogP contribution < -0.4 is 10.2 Å². The van der Waals surface area contributed by atoms with Crippen molar-refractivity contribution in [2.45, 2.75) is 38.8 Å². The molecule has 0 spiro atoms. The molecule has 0 unspecified atom stereocenters. The molecule has 0 atom stereocenters. The van der Waals surface area contributed by atoms with Gasteiger partial charge in [0, 0.05) is 6.54 Å². The minimum atomic E-state index is -0.0285. The molecule has 0 amide bonds. The van der Waals surface area contributed by atoms with Gasteiger partial charge < -0.3 is 9.57 Å². The summed E-state index contributed by atoms with van der Waals surface area (Å²) >= 11 is 0. The summed E-state index contributed by atoms with van der Waals surface area (Å²) < 4.78 is 5.93. The fourth-order valence-electron chi connectivity index (χ4n) is 1.98. The Bertz CT molecular complexity index is 374. The SMILES string of the molecule is CONCc1ccc2c(c1)CCC(C)(C)O2. The molecule has 0 fully saturated rings. The van der Waals surface area contributed by atoms with Crippen LogP contribution >= 0.6 is 0 Å². The molecule has 1 N–H and O–H groups in total. The maximum atomic E-state index is 5.93. The van der Waals surface area contributed by atoms with Crippen LogP contribution in [0, 0.1) is 0 Å². The Kier molecular flexibility index (Phi) is 3.17. The molecule has 0 bridgehead atoms. The summed E-state index contributed by atoms with van der Waals surface area (Å²) in [4.78, 5) is 4.84. The zero-order chi connectivity index (χ0) is 11.6. The normalized spacial score (nSPS) is 17.7. The quantitative estimate of drug-likeness (QED) is 0.795. The molecule has 1 aromatic carbocycles. The third kappa shape index (κ3) is 2.54. The van der Waals surface area contributed by atoms with Gasteiger partial charge in [-0.05, 0) is 43.9 Å². The van der Waals surface area contributed by atoms with Gasteiger partial charge >= 0.3 is 0 Å². The van der Waals surface area contributed by atoms with Crippen LogP contribution in [0.15, 0.2) is 18.2 Å². The van der Waals surface area contributed by atoms with Gasteiger partial charge in [0.2, 0.25) is 0 Å². The van der Waals surface area contributed by atoms with Crippen molar-refractivity contribution in [3.63, 3.8) is 0 Å². The van der Waals surface area contributed by atoms with E-state index in [4.69, 9.17) is 9.57 Å². The van der Waals surface area contributed by atoms with Gasteiger partial charge in [0.15, 0.2) is 0 Å². The second-order valence-electron chi connectivity index (χ2n) is 4.83. The van der Waals surface area contributed by atoms with Crippen LogP contribution in [-0.4, -0.2) is 12.7 Å². The van der Waals surface area contributed by atoms with Crippen LogP contribution in [0.25, 0.3) is 0 Å². The molecular formula is C13H19NO2. The van der Waals surface area contributed by atoms with Crippen molar-refractivity contribution in [2.24, 2.45) is 0 Å². The predicted octanol–water partition coefficient (Wildman–Crippen LogP) is 2.44. The zero-order valence-electron chi connectivity index (χ0n) is 10.2. The van der Waals surface area contributed by atoms with Gasteiger partial charge in [-0.2, -0.15) is 5.48 Å². The van der Waals surface area contributed by atoms with E-state index in [1.165, 1.54) is 11.1 Å². The number of aryl methyl sites for hydroxylation is 1. The van der Waals surface area contributed by atoms with Crippen LogP contribution in [-0.2, 0) is 17.8 Å². The molecule has 3 nitrogen and oxygen atoms in total. The summed E-state index contributed by atoms with van der Waals surface area (Å²) in [6, 6.07) is 6.33. The van der Waals surface area contributed by atoms with E-state index < -0.39 is 0 Å². The molecule has 1 heterocycles. The zero-order valence-corrected chi connectivity index (χ0v) is 10.2. The third-order valence-electron chi connectivity index (χ3n) is 2.93. The first-order chi connectivity index (χ1) is 7.61. The lowest BCUT2D eigenvalue weighted by molar-refractivity contribution is 0.0828. The molecule has 1 aliphatic heterocycles. The van der Waals surface area contributed by atoms with Gasteiger partial charge in [-0.15, -0.1) is 0 Å². The molecule has 0 aliphatic carbocycles. The van der Waals surface area contributed by atoms with Crippen LogP contribution in [0.4, 0.5) is 0 Å². The topological polar surface area (TPSA) is 30.5 Å². The molecule has 3 heteroatoms. The lowest BCUT2D eigenvalue weighted by Gasteiger charge is -2.32. The summed E-state index contributed by atoms with van der Waals surface area (Å²) in [5.41, 5.74) is 5.34. The van der Waals surface area contributed by atoms with Gasteiger partial charge in [0.05, 0.1) is 7.11 Å². The van der Waals surface area contributed by atoms with Crippen LogP contribution in [0.3, 0.4) is 0 Å². The lowest BCUT2D eigenvalue weighted by Crippen LogP contribution is -2.32. The van der Waals surface area contributed by atoms with Gasteiger partial charge in [-0.1, -0.05) is 12.1 Å². The molecule has 88 valence electrons. The number of fused-ring (bicyclic) bond motifs is 1. The number of benzene rings is 1. The molecular weight excluding hydrogens is 202 g/mol. The Morgan fingerprint density at radius 2 is 2.25 bits per heavy atom. The van der Waals surface area contributed by atoms with Gasteiger partial charge in [-0.25, -0.2) is 0 Å². The molecule has 2 rings (SSSR count). The van der Waals surface area contributed by atoms with E-state index in [1.54, 1.807) is 7.11 Å². The summed E-state index contributed by atoms with van der Waals surface area (Å²) in [5.74, 6) is 1.03. The first-order valence-electron chi connectivity index (χ1n) is 5.67. The third-order valence-corrected chi connectivity index (χ3v) is 2.93. The standard InChI is InChI=1S/C13H19NO2/c1-13(2)7-6-11-8-10(9-14-15-3)4-5-12(11)16-13/h4-5,8,14H,6-7,9H2,1-3H3. The highest BCUT2D eigenvalue weighted by molar-refractivity contribution is 5.39. The molecule has 1 aliphatic rings. The van der Waals surface area contributed by atoms with Crippen LogP contribution in [0.1, 0.15) is 31.4 Å². The van der Waals surface area contributed by atoms with Crippen LogP contribution in [0.5, 0.6) is 5.75 Å². The molecule has 0 aromatic heterocycles. The first-order valence-corrected chi connectivity index (χ1v) is 5.67. The Hall–Kier alpha value is -1.06. The minimum Gasteiger partial charge on any atom is -0.488 e. The Morgan fingerprint density at radius 1 is 1.44 bits per heavy atom. The van der Waals surface area contributed by atoms with Crippen molar-refractivity contribution in [2.75, 3.05) is 7.11 Å². The summed E-state index contributed by atoms with van der Waals surface area (Å²) in [5, 5.41) is 0. The second-order valence-corrected chi connectivity index (χ2v) is 4.83. The highest BCUT2D eigenvalue weighted by Gasteiger charge is 2.26. The lowest BCUT2D eigenvalue weighted by atomic mass is 9.93. The molecule has 1 aromatic rings. The average molecular weight is 221 g/mol. The predicted molar refractivity (Wildman–Crippen MR) is 63.3 cm³/mol. The van der Waals surface area contributed by atoms with Crippen molar-refractivity contribution in [3.05, 3.63) is 29.3 Å². The van der Waals surface area contributed by atoms with E-state index in [0.717, 1.165) is 25.1 Å². The number of hydrogen-bond acceptors (Lipinski definition) is 3. The van der Waals surface area contributed by atoms with Gasteiger partial charge in [0.1, 0.15) is 11.4 Å². The van der Waals surface area contributed by atoms with E-state index in [2.05, 4.69) is 37.5 Å². The molecule has 0 saturated heterocycles. The summed E-state index contributed by atoms with van der Waals surface area (Å²) in [7, 11) is 1.63. The van der Waals surface area contributed by atoms with E-state index in [0.29, 0.717) is 0 Å². The monoisotopic (exact) mass is 221 g/mol. The highest BCUT2D eigenvalue weighted by atomic mass is 16.6. The Labute approximate surface area is 96.7 Å². The number of hydrogen-bond donors (Lipinski definition) is 1. The van der Waals surface area contributed by atoms with Crippen molar-refractivity contribution >= 4 is 0 Å². The van der Waals surface area contributed by atoms with Gasteiger partial charge in [-0.3, -0.25) is 0 Å². The number of ether oxygens (including phenoxy) is 1. The summed E-state index contributed by atoms with van der Waals surface area (Å²) in [6.45, 7) is 5.00. The Balaban J connectivity index is 2.15.